The van der Waals surface area contributed by atoms with Crippen LogP contribution in [-0.2, 0) is 4.79 Å². The molecule has 3 N–H and O–H groups in total. The van der Waals surface area contributed by atoms with Gasteiger partial charge in [0, 0.05) is 11.0 Å². The Morgan fingerprint density at radius 1 is 1.67 bits per heavy atom. The molecule has 15 heavy (non-hydrogen) atoms. The zero-order chi connectivity index (χ0) is 11.4. The van der Waals surface area contributed by atoms with Crippen LogP contribution in [0.2, 0.25) is 0 Å². The van der Waals surface area contributed by atoms with Crippen molar-refractivity contribution in [3.05, 3.63) is 28.5 Å². The quantitative estimate of drug-likeness (QED) is 0.884. The fraction of sp³-hybridized carbons (Fsp3) is 0.300. The number of benzene rings is 1. The third-order valence-corrected chi connectivity index (χ3v) is 2.51. The van der Waals surface area contributed by atoms with Crippen molar-refractivity contribution in [1.82, 2.24) is 0 Å². The molecule has 0 bridgehead atoms. The van der Waals surface area contributed by atoms with Crippen LogP contribution in [0.3, 0.4) is 0 Å². The number of hydrogen-bond donors (Lipinski definition) is 2. The topological polar surface area (TPSA) is 55.1 Å². The van der Waals surface area contributed by atoms with Crippen LogP contribution in [0.25, 0.3) is 0 Å². The first kappa shape index (κ1) is 12.0. The van der Waals surface area contributed by atoms with E-state index >= 15 is 0 Å². The summed E-state index contributed by atoms with van der Waals surface area (Å²) in [6.07, 6.45) is 0. The highest BCUT2D eigenvalue weighted by molar-refractivity contribution is 9.10. The molecule has 0 aliphatic heterocycles. The van der Waals surface area contributed by atoms with Crippen molar-refractivity contribution in [2.75, 3.05) is 11.9 Å². The van der Waals surface area contributed by atoms with Gasteiger partial charge in [-0.15, -0.1) is 0 Å². The van der Waals surface area contributed by atoms with Gasteiger partial charge in [0.25, 0.3) is 0 Å². The standard InChI is InChI=1S/C10H12BrFN2O/c1-6(10(13)15)5-14-9-4-7(11)2-3-8(9)12/h2-4,6,14H,5H2,1H3,(H2,13,15). The summed E-state index contributed by atoms with van der Waals surface area (Å²) in [6, 6.07) is 4.57. The van der Waals surface area contributed by atoms with Crippen LogP contribution in [-0.4, -0.2) is 12.5 Å². The van der Waals surface area contributed by atoms with E-state index in [2.05, 4.69) is 21.2 Å². The minimum atomic E-state index is -0.405. The van der Waals surface area contributed by atoms with Gasteiger partial charge in [0.2, 0.25) is 5.91 Å². The summed E-state index contributed by atoms with van der Waals surface area (Å²) in [4.78, 5) is 10.8. The van der Waals surface area contributed by atoms with E-state index in [1.54, 1.807) is 19.1 Å². The summed E-state index contributed by atoms with van der Waals surface area (Å²) >= 11 is 3.23. The zero-order valence-electron chi connectivity index (χ0n) is 8.26. The average molecular weight is 275 g/mol. The van der Waals surface area contributed by atoms with Gasteiger partial charge >= 0.3 is 0 Å². The summed E-state index contributed by atoms with van der Waals surface area (Å²) in [5.41, 5.74) is 5.44. The first-order chi connectivity index (χ1) is 7.00. The van der Waals surface area contributed by atoms with Crippen molar-refractivity contribution in [1.29, 1.82) is 0 Å². The first-order valence-corrected chi connectivity index (χ1v) is 5.28. The summed E-state index contributed by atoms with van der Waals surface area (Å²) in [7, 11) is 0. The normalized spacial score (nSPS) is 12.2. The molecule has 1 rings (SSSR count). The summed E-state index contributed by atoms with van der Waals surface area (Å²) in [5.74, 6) is -1.09. The third kappa shape index (κ3) is 3.51. The lowest BCUT2D eigenvalue weighted by Gasteiger charge is -2.11. The van der Waals surface area contributed by atoms with Crippen LogP contribution >= 0.6 is 15.9 Å². The molecular weight excluding hydrogens is 263 g/mol. The summed E-state index contributed by atoms with van der Waals surface area (Å²) in [5, 5.41) is 2.83. The number of anilines is 1. The molecule has 0 spiro atoms. The van der Waals surface area contributed by atoms with Gasteiger partial charge in [-0.25, -0.2) is 4.39 Å². The number of nitrogens with two attached hydrogens (primary N) is 1. The molecule has 5 heteroatoms. The van der Waals surface area contributed by atoms with E-state index in [4.69, 9.17) is 5.73 Å². The van der Waals surface area contributed by atoms with E-state index in [1.165, 1.54) is 6.07 Å². The molecule has 0 saturated heterocycles. The fourth-order valence-corrected chi connectivity index (χ4v) is 1.36. The number of rotatable bonds is 4. The first-order valence-electron chi connectivity index (χ1n) is 4.49. The maximum Gasteiger partial charge on any atom is 0.222 e. The third-order valence-electron chi connectivity index (χ3n) is 2.01. The Labute approximate surface area is 96.0 Å². The number of halogens is 2. The number of carbonyl (C=O) groups is 1. The molecule has 3 nitrogen and oxygen atoms in total. The van der Waals surface area contributed by atoms with Gasteiger partial charge < -0.3 is 11.1 Å². The number of primary amides is 1. The van der Waals surface area contributed by atoms with Crippen molar-refractivity contribution in [2.45, 2.75) is 6.92 Å². The van der Waals surface area contributed by atoms with Gasteiger partial charge in [0.1, 0.15) is 5.82 Å². The molecule has 1 amide bonds. The number of amides is 1. The second-order valence-electron chi connectivity index (χ2n) is 3.31. The SMILES string of the molecule is CC(CNc1cc(Br)ccc1F)C(N)=O. The molecule has 0 aliphatic rings. The van der Waals surface area contributed by atoms with E-state index in [9.17, 15) is 9.18 Å². The van der Waals surface area contributed by atoms with Crippen LogP contribution in [0.15, 0.2) is 22.7 Å². The molecule has 1 unspecified atom stereocenters. The highest BCUT2D eigenvalue weighted by Crippen LogP contribution is 2.20. The van der Waals surface area contributed by atoms with Crippen LogP contribution in [0.4, 0.5) is 10.1 Å². The number of carbonyl (C=O) groups excluding carboxylic acids is 1. The van der Waals surface area contributed by atoms with Crippen molar-refractivity contribution in [2.24, 2.45) is 11.7 Å². The second kappa shape index (κ2) is 5.11. The fourth-order valence-electron chi connectivity index (χ4n) is 0.997. The molecule has 0 radical (unpaired) electrons. The highest BCUT2D eigenvalue weighted by atomic mass is 79.9. The molecule has 82 valence electrons. The molecule has 0 aliphatic carbocycles. The summed E-state index contributed by atoms with van der Waals surface area (Å²) < 4.78 is 14.0. The largest absolute Gasteiger partial charge is 0.382 e. The molecule has 1 aromatic carbocycles. The van der Waals surface area contributed by atoms with Crippen LogP contribution in [0.5, 0.6) is 0 Å². The minimum Gasteiger partial charge on any atom is -0.382 e. The Bertz CT molecular complexity index is 370. The van der Waals surface area contributed by atoms with E-state index in [-0.39, 0.29) is 11.7 Å². The van der Waals surface area contributed by atoms with Crippen molar-refractivity contribution >= 4 is 27.5 Å². The molecular formula is C10H12BrFN2O. The van der Waals surface area contributed by atoms with E-state index in [0.29, 0.717) is 12.2 Å². The monoisotopic (exact) mass is 274 g/mol. The van der Waals surface area contributed by atoms with Gasteiger partial charge in [-0.1, -0.05) is 22.9 Å². The van der Waals surface area contributed by atoms with Gasteiger partial charge in [-0.3, -0.25) is 4.79 Å². The second-order valence-corrected chi connectivity index (χ2v) is 4.22. The van der Waals surface area contributed by atoms with E-state index in [1.807, 2.05) is 0 Å². The molecule has 0 saturated carbocycles. The lowest BCUT2D eigenvalue weighted by molar-refractivity contribution is -0.120. The Morgan fingerprint density at radius 2 is 2.33 bits per heavy atom. The highest BCUT2D eigenvalue weighted by Gasteiger charge is 2.09. The Balaban J connectivity index is 2.65. The zero-order valence-corrected chi connectivity index (χ0v) is 9.84. The van der Waals surface area contributed by atoms with Gasteiger partial charge in [-0.05, 0) is 18.2 Å². The molecule has 1 atom stereocenters. The maximum absolute atomic E-state index is 13.2. The Kier molecular flexibility index (Phi) is 4.08. The predicted octanol–water partition coefficient (Wildman–Crippen LogP) is 2.12. The lowest BCUT2D eigenvalue weighted by atomic mass is 10.1. The molecule has 0 fully saturated rings. The van der Waals surface area contributed by atoms with Crippen molar-refractivity contribution in [3.8, 4) is 0 Å². The van der Waals surface area contributed by atoms with Gasteiger partial charge in [-0.2, -0.15) is 0 Å². The lowest BCUT2D eigenvalue weighted by Crippen LogP contribution is -2.26. The van der Waals surface area contributed by atoms with Crippen molar-refractivity contribution in [3.63, 3.8) is 0 Å². The predicted molar refractivity (Wildman–Crippen MR) is 60.9 cm³/mol. The van der Waals surface area contributed by atoms with Crippen LogP contribution < -0.4 is 11.1 Å². The minimum absolute atomic E-state index is 0.322. The van der Waals surface area contributed by atoms with Crippen LogP contribution in [0.1, 0.15) is 6.92 Å². The maximum atomic E-state index is 13.2. The van der Waals surface area contributed by atoms with Crippen molar-refractivity contribution < 1.29 is 9.18 Å². The molecule has 1 aromatic rings. The van der Waals surface area contributed by atoms with Crippen LogP contribution in [0, 0.1) is 11.7 Å². The smallest absolute Gasteiger partial charge is 0.222 e. The van der Waals surface area contributed by atoms with E-state index in [0.717, 1.165) is 4.47 Å². The molecule has 0 heterocycles. The van der Waals surface area contributed by atoms with Gasteiger partial charge in [0.05, 0.1) is 11.6 Å². The average Bonchev–Trinajstić information content (AvgIpc) is 2.18. The Morgan fingerprint density at radius 3 is 2.93 bits per heavy atom. The molecule has 0 aromatic heterocycles. The number of nitrogens with one attached hydrogen (secondary N) is 1. The summed E-state index contributed by atoms with van der Waals surface area (Å²) in [6.45, 7) is 2.01. The number of hydrogen-bond acceptors (Lipinski definition) is 2. The van der Waals surface area contributed by atoms with Gasteiger partial charge in [0.15, 0.2) is 0 Å². The Hall–Kier alpha value is -1.10. The van der Waals surface area contributed by atoms with E-state index < -0.39 is 5.91 Å².